The Labute approximate surface area is 142 Å². The van der Waals surface area contributed by atoms with E-state index < -0.39 is 0 Å². The number of amides is 1. The van der Waals surface area contributed by atoms with E-state index in [1.165, 1.54) is 0 Å². The van der Waals surface area contributed by atoms with Gasteiger partial charge in [0, 0.05) is 6.20 Å². The van der Waals surface area contributed by atoms with Crippen LogP contribution in [0.5, 0.6) is 5.75 Å². The quantitative estimate of drug-likeness (QED) is 0.654. The van der Waals surface area contributed by atoms with Crippen LogP contribution in [0.25, 0.3) is 0 Å². The molecule has 0 unspecified atom stereocenters. The highest BCUT2D eigenvalue weighted by Crippen LogP contribution is 2.27. The Balaban J connectivity index is 1.95. The van der Waals surface area contributed by atoms with Crippen molar-refractivity contribution in [1.82, 2.24) is 10.4 Å². The fraction of sp³-hybridized carbons (Fsp3) is 0.316. The second-order valence-electron chi connectivity index (χ2n) is 5.93. The van der Waals surface area contributed by atoms with Crippen LogP contribution in [0, 0.1) is 6.92 Å². The van der Waals surface area contributed by atoms with Crippen LogP contribution < -0.4 is 10.2 Å². The lowest BCUT2D eigenvalue weighted by atomic mass is 10.0. The van der Waals surface area contributed by atoms with Crippen LogP contribution >= 0.6 is 0 Å². The van der Waals surface area contributed by atoms with Crippen LogP contribution in [-0.4, -0.2) is 23.2 Å². The molecule has 0 atom stereocenters. The molecular weight excluding hydrogens is 302 g/mol. The topological polar surface area (TPSA) is 63.6 Å². The molecule has 0 radical (unpaired) electrons. The summed E-state index contributed by atoms with van der Waals surface area (Å²) in [6.07, 6.45) is 1.68. The normalized spacial score (nSPS) is 11.5. The summed E-state index contributed by atoms with van der Waals surface area (Å²) in [5, 5.41) is 4.06. The number of pyridine rings is 1. The minimum Gasteiger partial charge on any atom is -0.483 e. The van der Waals surface area contributed by atoms with Crippen LogP contribution in [0.1, 0.15) is 43.5 Å². The van der Waals surface area contributed by atoms with Crippen molar-refractivity contribution in [1.29, 1.82) is 0 Å². The first-order valence-electron chi connectivity index (χ1n) is 7.95. The SMILES string of the molecule is C/C(=N\NC(=O)COc1cc(C)ccc1C(C)C)c1ccccn1. The monoisotopic (exact) mass is 325 g/mol. The molecular formula is C19H23N3O2. The van der Waals surface area contributed by atoms with Crippen LogP contribution in [0.4, 0.5) is 0 Å². The minimum absolute atomic E-state index is 0.0812. The molecule has 2 rings (SSSR count). The first-order chi connectivity index (χ1) is 11.5. The predicted molar refractivity (Wildman–Crippen MR) is 95.4 cm³/mol. The van der Waals surface area contributed by atoms with E-state index in [-0.39, 0.29) is 12.5 Å². The summed E-state index contributed by atoms with van der Waals surface area (Å²) in [4.78, 5) is 16.1. The lowest BCUT2D eigenvalue weighted by molar-refractivity contribution is -0.123. The summed E-state index contributed by atoms with van der Waals surface area (Å²) in [5.41, 5.74) is 6.04. The van der Waals surface area contributed by atoms with Crippen molar-refractivity contribution in [3.8, 4) is 5.75 Å². The summed E-state index contributed by atoms with van der Waals surface area (Å²) in [5.74, 6) is 0.764. The van der Waals surface area contributed by atoms with Gasteiger partial charge in [0.25, 0.3) is 5.91 Å². The molecule has 1 aromatic carbocycles. The molecule has 5 nitrogen and oxygen atoms in total. The Morgan fingerprint density at radius 2 is 2.08 bits per heavy atom. The van der Waals surface area contributed by atoms with Crippen molar-refractivity contribution in [3.05, 3.63) is 59.4 Å². The number of ether oxygens (including phenoxy) is 1. The smallest absolute Gasteiger partial charge is 0.277 e. The third kappa shape index (κ3) is 4.91. The average molecular weight is 325 g/mol. The second kappa shape index (κ2) is 8.24. The number of hydrogen-bond donors (Lipinski definition) is 1. The molecule has 0 aliphatic rings. The maximum Gasteiger partial charge on any atom is 0.277 e. The van der Waals surface area contributed by atoms with Gasteiger partial charge in [-0.15, -0.1) is 0 Å². The van der Waals surface area contributed by atoms with E-state index in [9.17, 15) is 4.79 Å². The fourth-order valence-electron chi connectivity index (χ4n) is 2.20. The minimum atomic E-state index is -0.304. The number of aryl methyl sites for hydroxylation is 1. The van der Waals surface area contributed by atoms with E-state index in [0.717, 1.165) is 22.6 Å². The molecule has 0 aliphatic heterocycles. The van der Waals surface area contributed by atoms with Crippen molar-refractivity contribution in [3.63, 3.8) is 0 Å². The highest BCUT2D eigenvalue weighted by molar-refractivity contribution is 5.97. The van der Waals surface area contributed by atoms with Crippen LogP contribution in [0.15, 0.2) is 47.7 Å². The van der Waals surface area contributed by atoms with Gasteiger partial charge >= 0.3 is 0 Å². The van der Waals surface area contributed by atoms with E-state index in [1.54, 1.807) is 13.1 Å². The maximum absolute atomic E-state index is 12.0. The van der Waals surface area contributed by atoms with Gasteiger partial charge < -0.3 is 4.74 Å². The maximum atomic E-state index is 12.0. The summed E-state index contributed by atoms with van der Waals surface area (Å²) in [6.45, 7) is 7.90. The molecule has 2 aromatic rings. The van der Waals surface area contributed by atoms with Gasteiger partial charge in [0.15, 0.2) is 6.61 Å². The number of nitrogens with one attached hydrogen (secondary N) is 1. The molecule has 0 saturated carbocycles. The van der Waals surface area contributed by atoms with E-state index in [2.05, 4.69) is 29.4 Å². The van der Waals surface area contributed by atoms with Gasteiger partial charge in [0.05, 0.1) is 11.4 Å². The molecule has 0 saturated heterocycles. The summed E-state index contributed by atoms with van der Waals surface area (Å²) >= 11 is 0. The third-order valence-electron chi connectivity index (χ3n) is 3.53. The fourth-order valence-corrected chi connectivity index (χ4v) is 2.20. The Hall–Kier alpha value is -2.69. The van der Waals surface area contributed by atoms with E-state index in [0.29, 0.717) is 11.6 Å². The molecule has 126 valence electrons. The van der Waals surface area contributed by atoms with Crippen LogP contribution in [0.2, 0.25) is 0 Å². The number of aromatic nitrogens is 1. The molecule has 0 fully saturated rings. The number of carbonyl (C=O) groups excluding carboxylic acids is 1. The van der Waals surface area contributed by atoms with Gasteiger partial charge in [-0.25, -0.2) is 5.43 Å². The Kier molecular flexibility index (Phi) is 6.07. The highest BCUT2D eigenvalue weighted by atomic mass is 16.5. The molecule has 0 bridgehead atoms. The van der Waals surface area contributed by atoms with Gasteiger partial charge in [-0.1, -0.05) is 32.0 Å². The van der Waals surface area contributed by atoms with Crippen molar-refractivity contribution >= 4 is 11.6 Å². The molecule has 1 N–H and O–H groups in total. The summed E-state index contributed by atoms with van der Waals surface area (Å²) in [7, 11) is 0. The van der Waals surface area contributed by atoms with Gasteiger partial charge in [0.1, 0.15) is 5.75 Å². The largest absolute Gasteiger partial charge is 0.483 e. The number of rotatable bonds is 6. The van der Waals surface area contributed by atoms with E-state index in [1.807, 2.05) is 43.3 Å². The zero-order chi connectivity index (χ0) is 17.5. The van der Waals surface area contributed by atoms with Crippen LogP contribution in [0.3, 0.4) is 0 Å². The molecule has 1 aromatic heterocycles. The Morgan fingerprint density at radius 1 is 1.29 bits per heavy atom. The van der Waals surface area contributed by atoms with Gasteiger partial charge in [0.2, 0.25) is 0 Å². The second-order valence-corrected chi connectivity index (χ2v) is 5.93. The van der Waals surface area contributed by atoms with Crippen molar-refractivity contribution in [2.45, 2.75) is 33.6 Å². The van der Waals surface area contributed by atoms with Crippen molar-refractivity contribution < 1.29 is 9.53 Å². The van der Waals surface area contributed by atoms with Gasteiger partial charge in [-0.2, -0.15) is 5.10 Å². The first-order valence-corrected chi connectivity index (χ1v) is 7.95. The summed E-state index contributed by atoms with van der Waals surface area (Å²) < 4.78 is 5.68. The van der Waals surface area contributed by atoms with Crippen molar-refractivity contribution in [2.75, 3.05) is 6.61 Å². The number of carbonyl (C=O) groups is 1. The Bertz CT molecular complexity index is 725. The molecule has 0 spiro atoms. The molecule has 1 amide bonds. The highest BCUT2D eigenvalue weighted by Gasteiger charge is 2.10. The van der Waals surface area contributed by atoms with Gasteiger partial charge in [-0.3, -0.25) is 9.78 Å². The first kappa shape index (κ1) is 17.7. The zero-order valence-electron chi connectivity index (χ0n) is 14.5. The lowest BCUT2D eigenvalue weighted by Crippen LogP contribution is -2.26. The molecule has 5 heteroatoms. The lowest BCUT2D eigenvalue weighted by Gasteiger charge is -2.14. The number of hydrazone groups is 1. The van der Waals surface area contributed by atoms with E-state index in [4.69, 9.17) is 4.74 Å². The standard InChI is InChI=1S/C19H23N3O2/c1-13(2)16-9-8-14(3)11-18(16)24-12-19(23)22-21-15(4)17-7-5-6-10-20-17/h5-11,13H,12H2,1-4H3,(H,22,23)/b21-15+. The Morgan fingerprint density at radius 3 is 2.75 bits per heavy atom. The number of hydrogen-bond acceptors (Lipinski definition) is 4. The number of benzene rings is 1. The van der Waals surface area contributed by atoms with Crippen LogP contribution in [-0.2, 0) is 4.79 Å². The number of nitrogens with zero attached hydrogens (tertiary/aromatic N) is 2. The molecule has 0 aliphatic carbocycles. The van der Waals surface area contributed by atoms with E-state index >= 15 is 0 Å². The van der Waals surface area contributed by atoms with Gasteiger partial charge in [-0.05, 0) is 49.1 Å². The average Bonchev–Trinajstić information content (AvgIpc) is 2.58. The van der Waals surface area contributed by atoms with Crippen molar-refractivity contribution in [2.24, 2.45) is 5.10 Å². The molecule has 1 heterocycles. The molecule has 24 heavy (non-hydrogen) atoms. The predicted octanol–water partition coefficient (Wildman–Crippen LogP) is 3.43. The third-order valence-corrected chi connectivity index (χ3v) is 3.53. The zero-order valence-corrected chi connectivity index (χ0v) is 14.5. The summed E-state index contributed by atoms with van der Waals surface area (Å²) in [6, 6.07) is 11.6.